The zero-order valence-electron chi connectivity index (χ0n) is 6.02. The van der Waals surface area contributed by atoms with Gasteiger partial charge in [-0.15, -0.1) is 0 Å². The van der Waals surface area contributed by atoms with Crippen LogP contribution in [0.2, 0.25) is 0 Å². The molecule has 0 atom stereocenters. The number of hydrogen-bond donors (Lipinski definition) is 2. The highest BCUT2D eigenvalue weighted by Gasteiger charge is 2.35. The Morgan fingerprint density at radius 3 is 2.60 bits per heavy atom. The molecule has 0 aromatic carbocycles. The molecule has 0 unspecified atom stereocenters. The molecule has 4 heteroatoms. The molecule has 1 aliphatic rings. The summed E-state index contributed by atoms with van der Waals surface area (Å²) in [5, 5.41) is 0. The fourth-order valence-electron chi connectivity index (χ4n) is 1.03. The van der Waals surface area contributed by atoms with Gasteiger partial charge in [-0.05, 0) is 26.2 Å². The second kappa shape index (κ2) is 2.46. The maximum absolute atomic E-state index is 10.6. The summed E-state index contributed by atoms with van der Waals surface area (Å²) in [6.45, 7) is 1.91. The van der Waals surface area contributed by atoms with E-state index in [1.165, 1.54) is 0 Å². The van der Waals surface area contributed by atoms with Gasteiger partial charge in [-0.3, -0.25) is 5.43 Å². The van der Waals surface area contributed by atoms with Crippen molar-refractivity contribution in [3.8, 4) is 0 Å². The first-order valence-corrected chi connectivity index (χ1v) is 3.36. The van der Waals surface area contributed by atoms with Crippen molar-refractivity contribution in [3.05, 3.63) is 0 Å². The van der Waals surface area contributed by atoms with Crippen LogP contribution in [0.5, 0.6) is 0 Å². The summed E-state index contributed by atoms with van der Waals surface area (Å²) in [5.74, 6) is 4.83. The molecule has 0 aromatic heterocycles. The van der Waals surface area contributed by atoms with Crippen molar-refractivity contribution in [1.29, 1.82) is 0 Å². The minimum absolute atomic E-state index is 0.247. The van der Waals surface area contributed by atoms with Gasteiger partial charge < -0.3 is 4.74 Å². The summed E-state index contributed by atoms with van der Waals surface area (Å²) in [4.78, 5) is 10.6. The fourth-order valence-corrected chi connectivity index (χ4v) is 1.03. The van der Waals surface area contributed by atoms with Gasteiger partial charge in [0.05, 0.1) is 0 Å². The number of nitrogens with one attached hydrogen (secondary N) is 1. The number of hydrazine groups is 1. The van der Waals surface area contributed by atoms with Crippen LogP contribution >= 0.6 is 0 Å². The van der Waals surface area contributed by atoms with Crippen molar-refractivity contribution in [1.82, 2.24) is 5.43 Å². The van der Waals surface area contributed by atoms with E-state index in [0.29, 0.717) is 0 Å². The van der Waals surface area contributed by atoms with Crippen LogP contribution in [0.1, 0.15) is 26.2 Å². The van der Waals surface area contributed by atoms with Crippen molar-refractivity contribution < 1.29 is 9.53 Å². The van der Waals surface area contributed by atoms with Gasteiger partial charge in [0.2, 0.25) is 0 Å². The van der Waals surface area contributed by atoms with E-state index in [9.17, 15) is 4.79 Å². The molecular weight excluding hydrogens is 132 g/mol. The second-order valence-corrected chi connectivity index (χ2v) is 2.84. The summed E-state index contributed by atoms with van der Waals surface area (Å²) in [6, 6.07) is 0. The quantitative estimate of drug-likeness (QED) is 0.320. The van der Waals surface area contributed by atoms with Gasteiger partial charge in [0.15, 0.2) is 0 Å². The third-order valence-electron chi connectivity index (χ3n) is 1.87. The number of rotatable bonds is 1. The van der Waals surface area contributed by atoms with Gasteiger partial charge in [-0.1, -0.05) is 0 Å². The third kappa shape index (κ3) is 1.39. The molecule has 1 amide bonds. The summed E-state index contributed by atoms with van der Waals surface area (Å²) in [5.41, 5.74) is 1.68. The van der Waals surface area contributed by atoms with Crippen LogP contribution in [-0.4, -0.2) is 11.7 Å². The van der Waals surface area contributed by atoms with E-state index in [1.807, 2.05) is 12.3 Å². The van der Waals surface area contributed by atoms with Gasteiger partial charge >= 0.3 is 6.09 Å². The van der Waals surface area contributed by atoms with E-state index in [0.717, 1.165) is 19.3 Å². The minimum Gasteiger partial charge on any atom is -0.442 e. The highest BCUT2D eigenvalue weighted by Crippen LogP contribution is 2.34. The van der Waals surface area contributed by atoms with E-state index in [1.54, 1.807) is 0 Å². The maximum Gasteiger partial charge on any atom is 0.421 e. The lowest BCUT2D eigenvalue weighted by Crippen LogP contribution is -2.43. The third-order valence-corrected chi connectivity index (χ3v) is 1.87. The summed E-state index contributed by atoms with van der Waals surface area (Å²) >= 11 is 0. The Balaban J connectivity index is 2.29. The fraction of sp³-hybridized carbons (Fsp3) is 0.833. The van der Waals surface area contributed by atoms with Crippen LogP contribution in [-0.2, 0) is 4.74 Å². The predicted octanol–water partition coefficient (Wildman–Crippen LogP) is 0.529. The number of carbonyl (C=O) groups is 1. The lowest BCUT2D eigenvalue weighted by molar-refractivity contribution is -0.0321. The molecule has 10 heavy (non-hydrogen) atoms. The molecule has 0 spiro atoms. The molecule has 4 nitrogen and oxygen atoms in total. The lowest BCUT2D eigenvalue weighted by Gasteiger charge is -2.36. The number of hydrogen-bond acceptors (Lipinski definition) is 3. The van der Waals surface area contributed by atoms with E-state index in [-0.39, 0.29) is 5.60 Å². The Morgan fingerprint density at radius 2 is 2.30 bits per heavy atom. The normalized spacial score (nSPS) is 21.0. The van der Waals surface area contributed by atoms with Gasteiger partial charge in [0, 0.05) is 0 Å². The number of nitrogens with two attached hydrogens (primary N) is 1. The Labute approximate surface area is 59.7 Å². The zero-order chi connectivity index (χ0) is 7.61. The van der Waals surface area contributed by atoms with Crippen molar-refractivity contribution in [3.63, 3.8) is 0 Å². The first-order valence-electron chi connectivity index (χ1n) is 3.36. The van der Waals surface area contributed by atoms with Crippen molar-refractivity contribution >= 4 is 6.09 Å². The maximum atomic E-state index is 10.6. The molecule has 58 valence electrons. The number of carbonyl (C=O) groups excluding carboxylic acids is 1. The molecule has 1 saturated carbocycles. The van der Waals surface area contributed by atoms with Crippen LogP contribution in [0, 0.1) is 0 Å². The van der Waals surface area contributed by atoms with Gasteiger partial charge in [-0.2, -0.15) is 0 Å². The SMILES string of the molecule is CC1(OC(=O)NN)CCC1. The molecule has 1 fully saturated rings. The van der Waals surface area contributed by atoms with Gasteiger partial charge in [-0.25, -0.2) is 10.6 Å². The van der Waals surface area contributed by atoms with E-state index >= 15 is 0 Å². The summed E-state index contributed by atoms with van der Waals surface area (Å²) in [6.07, 6.45) is 2.48. The lowest BCUT2D eigenvalue weighted by atomic mass is 9.82. The summed E-state index contributed by atoms with van der Waals surface area (Å²) in [7, 11) is 0. The molecule has 0 radical (unpaired) electrons. The standard InChI is InChI=1S/C6H12N2O2/c1-6(3-2-4-6)10-5(9)8-7/h2-4,7H2,1H3,(H,8,9). The van der Waals surface area contributed by atoms with Crippen LogP contribution in [0.3, 0.4) is 0 Å². The number of amides is 1. The Kier molecular flexibility index (Phi) is 1.80. The Bertz CT molecular complexity index is 143. The topological polar surface area (TPSA) is 64.3 Å². The van der Waals surface area contributed by atoms with Crippen LogP contribution in [0.25, 0.3) is 0 Å². The van der Waals surface area contributed by atoms with E-state index in [4.69, 9.17) is 10.6 Å². The highest BCUT2D eigenvalue weighted by molar-refractivity contribution is 5.66. The molecule has 1 rings (SSSR count). The zero-order valence-corrected chi connectivity index (χ0v) is 6.02. The molecule has 1 aliphatic carbocycles. The van der Waals surface area contributed by atoms with E-state index < -0.39 is 6.09 Å². The summed E-state index contributed by atoms with van der Waals surface area (Å²) < 4.78 is 4.95. The van der Waals surface area contributed by atoms with Gasteiger partial charge in [0.25, 0.3) is 0 Å². The van der Waals surface area contributed by atoms with E-state index in [2.05, 4.69) is 0 Å². The van der Waals surface area contributed by atoms with Crippen molar-refractivity contribution in [2.24, 2.45) is 5.84 Å². The van der Waals surface area contributed by atoms with Gasteiger partial charge in [0.1, 0.15) is 5.60 Å². The smallest absolute Gasteiger partial charge is 0.421 e. The largest absolute Gasteiger partial charge is 0.442 e. The predicted molar refractivity (Wildman–Crippen MR) is 36.1 cm³/mol. The average molecular weight is 144 g/mol. The molecule has 0 saturated heterocycles. The Hall–Kier alpha value is -0.770. The molecular formula is C6H12N2O2. The average Bonchev–Trinajstić information content (AvgIpc) is 1.84. The van der Waals surface area contributed by atoms with Crippen LogP contribution in [0.4, 0.5) is 4.79 Å². The molecule has 3 N–H and O–H groups in total. The van der Waals surface area contributed by atoms with Crippen molar-refractivity contribution in [2.45, 2.75) is 31.8 Å². The number of ether oxygens (including phenoxy) is 1. The highest BCUT2D eigenvalue weighted by atomic mass is 16.6. The monoisotopic (exact) mass is 144 g/mol. The molecule has 0 aliphatic heterocycles. The first-order chi connectivity index (χ1) is 4.66. The van der Waals surface area contributed by atoms with Crippen molar-refractivity contribution in [2.75, 3.05) is 0 Å². The molecule has 0 aromatic rings. The molecule has 0 bridgehead atoms. The Morgan fingerprint density at radius 1 is 1.70 bits per heavy atom. The van der Waals surface area contributed by atoms with Crippen LogP contribution < -0.4 is 11.3 Å². The molecule has 0 heterocycles. The second-order valence-electron chi connectivity index (χ2n) is 2.84. The first kappa shape index (κ1) is 7.34. The van der Waals surface area contributed by atoms with Crippen LogP contribution in [0.15, 0.2) is 0 Å². The minimum atomic E-state index is -0.540.